The van der Waals surface area contributed by atoms with Gasteiger partial charge >= 0.3 is 5.97 Å². The van der Waals surface area contributed by atoms with Crippen molar-refractivity contribution in [1.82, 2.24) is 9.88 Å². The van der Waals surface area contributed by atoms with Gasteiger partial charge in [-0.25, -0.2) is 4.79 Å². The van der Waals surface area contributed by atoms with Crippen LogP contribution in [0.2, 0.25) is 5.02 Å². The van der Waals surface area contributed by atoms with Crippen molar-refractivity contribution >= 4 is 23.5 Å². The number of carbonyl (C=O) groups excluding carboxylic acids is 1. The van der Waals surface area contributed by atoms with E-state index in [4.69, 9.17) is 11.6 Å². The van der Waals surface area contributed by atoms with Gasteiger partial charge in [-0.2, -0.15) is 0 Å². The number of rotatable bonds is 4. The molecule has 2 atom stereocenters. The van der Waals surface area contributed by atoms with E-state index < -0.39 is 11.5 Å². The van der Waals surface area contributed by atoms with E-state index in [1.807, 2.05) is 13.8 Å². The van der Waals surface area contributed by atoms with Gasteiger partial charge in [-0.15, -0.1) is 0 Å². The largest absolute Gasteiger partial charge is 0.479 e. The molecular formula is C15H21ClN2O3. The lowest BCUT2D eigenvalue weighted by molar-refractivity contribution is -0.148. The lowest BCUT2D eigenvalue weighted by Gasteiger charge is -2.39. The maximum atomic E-state index is 12.5. The molecule has 0 radical (unpaired) electrons. The molecule has 1 aliphatic rings. The number of hydrogen-bond donors (Lipinski definition) is 2. The average Bonchev–Trinajstić information content (AvgIpc) is 2.82. The fraction of sp³-hybridized carbons (Fsp3) is 0.600. The van der Waals surface area contributed by atoms with Crippen LogP contribution in [0.25, 0.3) is 0 Å². The molecule has 116 valence electrons. The second kappa shape index (κ2) is 6.10. The van der Waals surface area contributed by atoms with E-state index in [1.54, 1.807) is 16.8 Å². The van der Waals surface area contributed by atoms with Gasteiger partial charge in [0.2, 0.25) is 0 Å². The van der Waals surface area contributed by atoms with Gasteiger partial charge in [0, 0.05) is 12.7 Å². The third-order valence-corrected chi connectivity index (χ3v) is 4.66. The fourth-order valence-corrected chi connectivity index (χ4v) is 3.32. The summed E-state index contributed by atoms with van der Waals surface area (Å²) in [7, 11) is 0. The summed E-state index contributed by atoms with van der Waals surface area (Å²) in [6.45, 7) is 4.40. The highest BCUT2D eigenvalue weighted by atomic mass is 35.5. The van der Waals surface area contributed by atoms with Crippen LogP contribution < -0.4 is 5.32 Å². The molecule has 5 nitrogen and oxygen atoms in total. The molecule has 2 unspecified atom stereocenters. The second-order valence-electron chi connectivity index (χ2n) is 5.71. The highest BCUT2D eigenvalue weighted by Gasteiger charge is 2.46. The zero-order chi connectivity index (χ0) is 15.6. The first-order valence-corrected chi connectivity index (χ1v) is 7.70. The van der Waals surface area contributed by atoms with E-state index in [-0.39, 0.29) is 11.8 Å². The van der Waals surface area contributed by atoms with Crippen molar-refractivity contribution in [3.05, 3.63) is 23.0 Å². The van der Waals surface area contributed by atoms with E-state index in [9.17, 15) is 14.7 Å². The number of hydrogen-bond acceptors (Lipinski definition) is 2. The summed E-state index contributed by atoms with van der Waals surface area (Å²) in [6.07, 6.45) is 4.77. The Hall–Kier alpha value is -1.49. The molecule has 1 amide bonds. The van der Waals surface area contributed by atoms with Crippen LogP contribution in [0.3, 0.4) is 0 Å². The number of halogens is 1. The first-order chi connectivity index (χ1) is 9.90. The van der Waals surface area contributed by atoms with Crippen LogP contribution >= 0.6 is 11.6 Å². The van der Waals surface area contributed by atoms with Gasteiger partial charge in [0.1, 0.15) is 11.2 Å². The van der Waals surface area contributed by atoms with Crippen molar-refractivity contribution in [1.29, 1.82) is 0 Å². The van der Waals surface area contributed by atoms with Crippen molar-refractivity contribution in [2.75, 3.05) is 0 Å². The number of amides is 1. The molecule has 0 spiro atoms. The van der Waals surface area contributed by atoms with Crippen LogP contribution in [-0.2, 0) is 11.3 Å². The van der Waals surface area contributed by atoms with Crippen LogP contribution in [0.1, 0.15) is 50.0 Å². The Morgan fingerprint density at radius 3 is 2.81 bits per heavy atom. The molecule has 1 aliphatic carbocycles. The molecular weight excluding hydrogens is 292 g/mol. The standard InChI is InChI=1S/C15H21ClN2O3/c1-3-18-9-11(16)8-12(18)13(19)17-15(14(20)21)7-5-4-6-10(15)2/h8-10H,3-7H2,1-2H3,(H,17,19)(H,20,21). The minimum atomic E-state index is -1.18. The topological polar surface area (TPSA) is 71.3 Å². The summed E-state index contributed by atoms with van der Waals surface area (Å²) in [5, 5.41) is 12.9. The summed E-state index contributed by atoms with van der Waals surface area (Å²) in [4.78, 5) is 24.3. The maximum Gasteiger partial charge on any atom is 0.329 e. The van der Waals surface area contributed by atoms with Gasteiger partial charge in [0.05, 0.1) is 5.02 Å². The smallest absolute Gasteiger partial charge is 0.329 e. The van der Waals surface area contributed by atoms with Crippen LogP contribution in [0.4, 0.5) is 0 Å². The predicted octanol–water partition coefficient (Wildman–Crippen LogP) is 2.92. The Kier molecular flexibility index (Phi) is 4.61. The molecule has 0 saturated heterocycles. The lowest BCUT2D eigenvalue weighted by atomic mass is 9.73. The summed E-state index contributed by atoms with van der Waals surface area (Å²) >= 11 is 5.94. The Morgan fingerprint density at radius 1 is 1.52 bits per heavy atom. The van der Waals surface area contributed by atoms with E-state index in [0.29, 0.717) is 23.7 Å². The summed E-state index contributed by atoms with van der Waals surface area (Å²) in [5.74, 6) is -1.42. The number of carboxylic acids is 1. The van der Waals surface area contributed by atoms with Crippen molar-refractivity contribution in [2.24, 2.45) is 5.92 Å². The van der Waals surface area contributed by atoms with Gasteiger partial charge in [-0.05, 0) is 31.7 Å². The highest BCUT2D eigenvalue weighted by molar-refractivity contribution is 6.31. The van der Waals surface area contributed by atoms with E-state index in [2.05, 4.69) is 5.32 Å². The SMILES string of the molecule is CCn1cc(Cl)cc1C(=O)NC1(C(=O)O)CCCCC1C. The third kappa shape index (κ3) is 2.93. The number of aliphatic carboxylic acids is 1. The van der Waals surface area contributed by atoms with E-state index in [0.717, 1.165) is 19.3 Å². The molecule has 2 N–H and O–H groups in total. The summed E-state index contributed by atoms with van der Waals surface area (Å²) in [5.41, 5.74) is -0.772. The number of aryl methyl sites for hydroxylation is 1. The first-order valence-electron chi connectivity index (χ1n) is 7.32. The van der Waals surface area contributed by atoms with Crippen molar-refractivity contribution in [3.8, 4) is 0 Å². The highest BCUT2D eigenvalue weighted by Crippen LogP contribution is 2.34. The van der Waals surface area contributed by atoms with Crippen LogP contribution in [0.5, 0.6) is 0 Å². The molecule has 1 heterocycles. The molecule has 0 bridgehead atoms. The first kappa shape index (κ1) is 15.9. The zero-order valence-corrected chi connectivity index (χ0v) is 13.1. The molecule has 1 fully saturated rings. The normalized spacial score (nSPS) is 25.6. The Labute approximate surface area is 129 Å². The summed E-state index contributed by atoms with van der Waals surface area (Å²) < 4.78 is 1.72. The van der Waals surface area contributed by atoms with Gasteiger partial charge in [-0.1, -0.05) is 31.4 Å². The number of nitrogens with one attached hydrogen (secondary N) is 1. The van der Waals surface area contributed by atoms with Crippen molar-refractivity contribution in [2.45, 2.75) is 51.6 Å². The molecule has 1 aromatic heterocycles. The Morgan fingerprint density at radius 2 is 2.24 bits per heavy atom. The van der Waals surface area contributed by atoms with Crippen LogP contribution in [0.15, 0.2) is 12.3 Å². The Bertz CT molecular complexity index is 555. The van der Waals surface area contributed by atoms with Gasteiger partial charge in [0.15, 0.2) is 0 Å². The lowest BCUT2D eigenvalue weighted by Crippen LogP contribution is -2.60. The number of nitrogens with zero attached hydrogens (tertiary/aromatic N) is 1. The fourth-order valence-electron chi connectivity index (χ4n) is 3.10. The van der Waals surface area contributed by atoms with Gasteiger partial charge in [-0.3, -0.25) is 4.79 Å². The monoisotopic (exact) mass is 312 g/mol. The molecule has 6 heteroatoms. The Balaban J connectivity index is 2.28. The number of carbonyl (C=O) groups is 2. The minimum Gasteiger partial charge on any atom is -0.479 e. The third-order valence-electron chi connectivity index (χ3n) is 4.45. The quantitative estimate of drug-likeness (QED) is 0.898. The molecule has 1 saturated carbocycles. The van der Waals surface area contributed by atoms with Gasteiger partial charge < -0.3 is 15.0 Å². The summed E-state index contributed by atoms with van der Waals surface area (Å²) in [6, 6.07) is 1.57. The zero-order valence-electron chi connectivity index (χ0n) is 12.4. The number of carboxylic acid groups (broad SMARTS) is 1. The molecule has 21 heavy (non-hydrogen) atoms. The molecule has 2 rings (SSSR count). The second-order valence-corrected chi connectivity index (χ2v) is 6.14. The van der Waals surface area contributed by atoms with Crippen LogP contribution in [0, 0.1) is 5.92 Å². The molecule has 1 aromatic rings. The van der Waals surface area contributed by atoms with E-state index >= 15 is 0 Å². The van der Waals surface area contributed by atoms with Crippen molar-refractivity contribution < 1.29 is 14.7 Å². The van der Waals surface area contributed by atoms with Gasteiger partial charge in [0.25, 0.3) is 5.91 Å². The van der Waals surface area contributed by atoms with Crippen molar-refractivity contribution in [3.63, 3.8) is 0 Å². The average molecular weight is 313 g/mol. The number of aromatic nitrogens is 1. The molecule has 0 aromatic carbocycles. The maximum absolute atomic E-state index is 12.5. The van der Waals surface area contributed by atoms with Crippen LogP contribution in [-0.4, -0.2) is 27.1 Å². The molecule has 0 aliphatic heterocycles. The predicted molar refractivity (Wildman–Crippen MR) is 80.6 cm³/mol. The minimum absolute atomic E-state index is 0.0896. The van der Waals surface area contributed by atoms with E-state index in [1.165, 1.54) is 0 Å².